The zero-order chi connectivity index (χ0) is 13.3. The lowest BCUT2D eigenvalue weighted by Crippen LogP contribution is -2.42. The van der Waals surface area contributed by atoms with E-state index in [1.165, 1.54) is 12.1 Å². The van der Waals surface area contributed by atoms with Crippen molar-refractivity contribution >= 4 is 0 Å². The van der Waals surface area contributed by atoms with Gasteiger partial charge >= 0.3 is 0 Å². The topological polar surface area (TPSA) is 23.5 Å². The summed E-state index contributed by atoms with van der Waals surface area (Å²) in [4.78, 5) is 2.29. The summed E-state index contributed by atoms with van der Waals surface area (Å²) in [6, 6.07) is 7.00. The third kappa shape index (κ3) is 2.90. The van der Waals surface area contributed by atoms with E-state index in [0.717, 1.165) is 24.9 Å². The van der Waals surface area contributed by atoms with Gasteiger partial charge in [-0.3, -0.25) is 4.90 Å². The minimum Gasteiger partial charge on any atom is -0.390 e. The summed E-state index contributed by atoms with van der Waals surface area (Å²) in [7, 11) is 2.09. The minimum absolute atomic E-state index is 0.198. The molecule has 1 N–H and O–H groups in total. The number of hydrogen-bond acceptors (Lipinski definition) is 2. The Labute approximate surface area is 108 Å². The molecule has 0 amide bonds. The molecule has 0 bridgehead atoms. The van der Waals surface area contributed by atoms with Gasteiger partial charge in [-0.1, -0.05) is 12.1 Å². The molecule has 0 radical (unpaired) electrons. The Bertz CT molecular complexity index is 396. The van der Waals surface area contributed by atoms with Crippen LogP contribution in [0.4, 0.5) is 4.39 Å². The molecule has 2 nitrogen and oxygen atoms in total. The molecule has 1 saturated heterocycles. The van der Waals surface area contributed by atoms with E-state index in [1.807, 2.05) is 26.0 Å². The molecule has 1 heterocycles. The third-order valence-corrected chi connectivity index (χ3v) is 4.12. The number of likely N-dealkylation sites (tertiary alicyclic amines) is 1. The van der Waals surface area contributed by atoms with Gasteiger partial charge in [0.15, 0.2) is 0 Å². The molecule has 3 heteroatoms. The Morgan fingerprint density at radius 3 is 2.44 bits per heavy atom. The summed E-state index contributed by atoms with van der Waals surface area (Å²) in [6.45, 7) is 4.73. The Hall–Kier alpha value is -0.930. The van der Waals surface area contributed by atoms with Crippen molar-refractivity contribution < 1.29 is 9.50 Å². The highest BCUT2D eigenvalue weighted by atomic mass is 19.1. The molecule has 1 fully saturated rings. The number of rotatable bonds is 2. The fourth-order valence-corrected chi connectivity index (χ4v) is 2.80. The molecule has 0 spiro atoms. The fraction of sp³-hybridized carbons (Fsp3) is 0.600. The Morgan fingerprint density at radius 2 is 1.89 bits per heavy atom. The summed E-state index contributed by atoms with van der Waals surface area (Å²) < 4.78 is 13.0. The SMILES string of the molecule is CN1CC[C@H](C(C)(C)O)C[C@@H]1c1ccc(F)cc1. The molecule has 100 valence electrons. The maximum absolute atomic E-state index is 13.0. The van der Waals surface area contributed by atoms with Crippen molar-refractivity contribution in [3.05, 3.63) is 35.6 Å². The quantitative estimate of drug-likeness (QED) is 0.873. The minimum atomic E-state index is -0.639. The van der Waals surface area contributed by atoms with E-state index in [-0.39, 0.29) is 11.9 Å². The maximum atomic E-state index is 13.0. The largest absolute Gasteiger partial charge is 0.390 e. The zero-order valence-corrected chi connectivity index (χ0v) is 11.4. The standard InChI is InChI=1S/C15H22FNO/c1-15(2,18)12-8-9-17(3)14(10-12)11-4-6-13(16)7-5-11/h4-7,12,14,18H,8-10H2,1-3H3/t12-,14+/m0/s1. The summed E-state index contributed by atoms with van der Waals surface area (Å²) in [5.41, 5.74) is 0.493. The van der Waals surface area contributed by atoms with Crippen LogP contribution in [0.3, 0.4) is 0 Å². The molecular formula is C15H22FNO. The molecular weight excluding hydrogens is 229 g/mol. The molecule has 1 aromatic rings. The van der Waals surface area contributed by atoms with Crippen LogP contribution in [0, 0.1) is 11.7 Å². The van der Waals surface area contributed by atoms with Crippen molar-refractivity contribution in [2.45, 2.75) is 38.3 Å². The van der Waals surface area contributed by atoms with E-state index >= 15 is 0 Å². The number of hydrogen-bond donors (Lipinski definition) is 1. The first-order valence-electron chi connectivity index (χ1n) is 6.56. The van der Waals surface area contributed by atoms with Gasteiger partial charge in [-0.05, 0) is 63.9 Å². The van der Waals surface area contributed by atoms with Crippen LogP contribution in [-0.4, -0.2) is 29.2 Å². The van der Waals surface area contributed by atoms with E-state index in [9.17, 15) is 9.50 Å². The average Bonchev–Trinajstić information content (AvgIpc) is 2.29. The van der Waals surface area contributed by atoms with Crippen LogP contribution in [0.2, 0.25) is 0 Å². The Balaban J connectivity index is 2.17. The monoisotopic (exact) mass is 251 g/mol. The van der Waals surface area contributed by atoms with E-state index < -0.39 is 5.60 Å². The first-order chi connectivity index (χ1) is 8.38. The predicted molar refractivity (Wildman–Crippen MR) is 70.8 cm³/mol. The lowest BCUT2D eigenvalue weighted by Gasteiger charge is -2.42. The van der Waals surface area contributed by atoms with Crippen molar-refractivity contribution in [3.63, 3.8) is 0 Å². The Kier molecular flexibility index (Phi) is 3.74. The molecule has 0 unspecified atom stereocenters. The van der Waals surface area contributed by atoms with Crippen LogP contribution in [0.15, 0.2) is 24.3 Å². The van der Waals surface area contributed by atoms with E-state index in [0.29, 0.717) is 5.92 Å². The van der Waals surface area contributed by atoms with Crippen LogP contribution >= 0.6 is 0 Å². The highest BCUT2D eigenvalue weighted by Gasteiger charge is 2.35. The summed E-state index contributed by atoms with van der Waals surface area (Å²) in [5.74, 6) is 0.0972. The average molecular weight is 251 g/mol. The molecule has 1 aliphatic heterocycles. The second-order valence-electron chi connectivity index (χ2n) is 5.92. The Morgan fingerprint density at radius 1 is 1.28 bits per heavy atom. The zero-order valence-electron chi connectivity index (χ0n) is 11.4. The van der Waals surface area contributed by atoms with Crippen molar-refractivity contribution in [2.24, 2.45) is 5.92 Å². The van der Waals surface area contributed by atoms with Gasteiger partial charge in [-0.15, -0.1) is 0 Å². The molecule has 1 aromatic carbocycles. The van der Waals surface area contributed by atoms with Gasteiger partial charge in [0.2, 0.25) is 0 Å². The normalized spacial score (nSPS) is 26.3. The smallest absolute Gasteiger partial charge is 0.123 e. The molecule has 0 saturated carbocycles. The number of halogens is 1. The molecule has 2 atom stereocenters. The molecule has 1 aliphatic rings. The second kappa shape index (κ2) is 4.98. The van der Waals surface area contributed by atoms with Crippen LogP contribution in [0.1, 0.15) is 38.3 Å². The van der Waals surface area contributed by atoms with Crippen LogP contribution in [0.5, 0.6) is 0 Å². The van der Waals surface area contributed by atoms with Gasteiger partial charge in [0.25, 0.3) is 0 Å². The number of piperidine rings is 1. The number of nitrogens with zero attached hydrogens (tertiary/aromatic N) is 1. The lowest BCUT2D eigenvalue weighted by atomic mass is 9.78. The van der Waals surface area contributed by atoms with Crippen LogP contribution in [-0.2, 0) is 0 Å². The molecule has 0 aromatic heterocycles. The highest BCUT2D eigenvalue weighted by molar-refractivity contribution is 5.20. The van der Waals surface area contributed by atoms with Gasteiger partial charge in [-0.25, -0.2) is 4.39 Å². The van der Waals surface area contributed by atoms with Crippen molar-refractivity contribution in [3.8, 4) is 0 Å². The summed E-state index contributed by atoms with van der Waals surface area (Å²) >= 11 is 0. The second-order valence-corrected chi connectivity index (χ2v) is 5.92. The summed E-state index contributed by atoms with van der Waals surface area (Å²) in [6.07, 6.45) is 1.93. The fourth-order valence-electron chi connectivity index (χ4n) is 2.80. The predicted octanol–water partition coefficient (Wildman–Crippen LogP) is 2.98. The van der Waals surface area contributed by atoms with Crippen molar-refractivity contribution in [1.82, 2.24) is 4.90 Å². The molecule has 2 rings (SSSR count). The van der Waals surface area contributed by atoms with E-state index in [4.69, 9.17) is 0 Å². The van der Waals surface area contributed by atoms with Crippen molar-refractivity contribution in [1.29, 1.82) is 0 Å². The van der Waals surface area contributed by atoms with Crippen LogP contribution in [0.25, 0.3) is 0 Å². The lowest BCUT2D eigenvalue weighted by molar-refractivity contribution is -0.0246. The van der Waals surface area contributed by atoms with Crippen LogP contribution < -0.4 is 0 Å². The first-order valence-corrected chi connectivity index (χ1v) is 6.56. The number of aliphatic hydroxyl groups is 1. The van der Waals surface area contributed by atoms with Gasteiger partial charge < -0.3 is 5.11 Å². The van der Waals surface area contributed by atoms with Gasteiger partial charge in [-0.2, -0.15) is 0 Å². The highest BCUT2D eigenvalue weighted by Crippen LogP contribution is 2.37. The summed E-state index contributed by atoms with van der Waals surface area (Å²) in [5, 5.41) is 10.2. The third-order valence-electron chi connectivity index (χ3n) is 4.12. The van der Waals surface area contributed by atoms with E-state index in [1.54, 1.807) is 0 Å². The van der Waals surface area contributed by atoms with Crippen molar-refractivity contribution in [2.75, 3.05) is 13.6 Å². The maximum Gasteiger partial charge on any atom is 0.123 e. The molecule has 0 aliphatic carbocycles. The van der Waals surface area contributed by atoms with Gasteiger partial charge in [0, 0.05) is 6.04 Å². The first kappa shape index (κ1) is 13.5. The van der Waals surface area contributed by atoms with Gasteiger partial charge in [0.05, 0.1) is 5.60 Å². The molecule has 18 heavy (non-hydrogen) atoms. The van der Waals surface area contributed by atoms with Gasteiger partial charge in [0.1, 0.15) is 5.82 Å². The number of benzene rings is 1. The van der Waals surface area contributed by atoms with E-state index in [2.05, 4.69) is 11.9 Å².